The number of aryl methyl sites for hydroxylation is 1. The van der Waals surface area contributed by atoms with Crippen molar-refractivity contribution in [2.45, 2.75) is 11.9 Å². The van der Waals surface area contributed by atoms with E-state index < -0.39 is 10.0 Å². The van der Waals surface area contributed by atoms with Crippen molar-refractivity contribution in [1.29, 1.82) is 0 Å². The lowest BCUT2D eigenvalue weighted by atomic mass is 10.3. The molecule has 0 saturated carbocycles. The molecule has 0 aliphatic carbocycles. The second-order valence-electron chi connectivity index (χ2n) is 3.36. The summed E-state index contributed by atoms with van der Waals surface area (Å²) in [7, 11) is -3.62. The molecule has 0 aromatic carbocycles. The van der Waals surface area contributed by atoms with Crippen molar-refractivity contribution in [3.63, 3.8) is 0 Å². The van der Waals surface area contributed by atoms with Crippen molar-refractivity contribution >= 4 is 31.6 Å². The number of anilines is 1. The van der Waals surface area contributed by atoms with Gasteiger partial charge in [-0.2, -0.15) is 13.5 Å². The van der Waals surface area contributed by atoms with E-state index in [-0.39, 0.29) is 5.03 Å². The third-order valence-corrected chi connectivity index (χ3v) is 4.17. The van der Waals surface area contributed by atoms with E-state index in [2.05, 4.69) is 35.8 Å². The number of aromatic amines is 1. The molecule has 0 saturated heterocycles. The quantitative estimate of drug-likeness (QED) is 0.843. The summed E-state index contributed by atoms with van der Waals surface area (Å²) >= 11 is 3.24. The number of nitrogens with zero attached hydrogens (tertiary/aromatic N) is 2. The fourth-order valence-corrected chi connectivity index (χ4v) is 2.38. The zero-order valence-corrected chi connectivity index (χ0v) is 11.2. The molecule has 0 atom stereocenters. The minimum absolute atomic E-state index is 0.0121. The van der Waals surface area contributed by atoms with Crippen LogP contribution in [0.1, 0.15) is 5.56 Å². The fourth-order valence-electron chi connectivity index (χ4n) is 1.22. The fraction of sp³-hybridized carbons (Fsp3) is 0.111. The summed E-state index contributed by atoms with van der Waals surface area (Å²) in [5, 5.41) is 6.00. The Morgan fingerprint density at radius 2 is 2.24 bits per heavy atom. The van der Waals surface area contributed by atoms with E-state index in [0.29, 0.717) is 10.3 Å². The van der Waals surface area contributed by atoms with Crippen LogP contribution < -0.4 is 4.72 Å². The van der Waals surface area contributed by atoms with Gasteiger partial charge >= 0.3 is 0 Å². The van der Waals surface area contributed by atoms with Gasteiger partial charge in [0.05, 0.1) is 18.1 Å². The molecular weight excluding hydrogens is 308 g/mol. The molecular formula is C9H9BrN4O2S. The van der Waals surface area contributed by atoms with Gasteiger partial charge in [0.2, 0.25) is 0 Å². The Kier molecular flexibility index (Phi) is 3.16. The van der Waals surface area contributed by atoms with Crippen LogP contribution in [0.25, 0.3) is 0 Å². The van der Waals surface area contributed by atoms with Crippen LogP contribution in [0.3, 0.4) is 0 Å². The van der Waals surface area contributed by atoms with Gasteiger partial charge in [-0.3, -0.25) is 9.82 Å². The number of H-pyrrole nitrogens is 1. The standard InChI is InChI=1S/C9H9BrN4O2S/c1-6-4-7(5-11-9(6)10)14-17(15,16)8-2-3-12-13-8/h2-5,14H,1H3,(H,12,13). The van der Waals surface area contributed by atoms with Crippen LogP contribution in [0.15, 0.2) is 34.2 Å². The minimum Gasteiger partial charge on any atom is -0.277 e. The predicted octanol–water partition coefficient (Wildman–Crippen LogP) is 1.68. The molecule has 2 rings (SSSR count). The Labute approximate surface area is 107 Å². The van der Waals surface area contributed by atoms with E-state index in [1.165, 1.54) is 18.5 Å². The number of halogens is 1. The molecule has 2 aromatic heterocycles. The second kappa shape index (κ2) is 4.46. The van der Waals surface area contributed by atoms with Gasteiger partial charge in [-0.25, -0.2) is 4.98 Å². The van der Waals surface area contributed by atoms with Crippen LogP contribution in [0.5, 0.6) is 0 Å². The van der Waals surface area contributed by atoms with Crippen molar-refractivity contribution in [2.24, 2.45) is 0 Å². The summed E-state index contributed by atoms with van der Waals surface area (Å²) in [6.45, 7) is 1.82. The van der Waals surface area contributed by atoms with Crippen molar-refractivity contribution in [1.82, 2.24) is 15.2 Å². The molecule has 0 radical (unpaired) electrons. The highest BCUT2D eigenvalue weighted by Gasteiger charge is 2.15. The maximum atomic E-state index is 11.8. The average molecular weight is 317 g/mol. The third-order valence-electron chi connectivity index (χ3n) is 2.03. The van der Waals surface area contributed by atoms with Crippen molar-refractivity contribution in [2.75, 3.05) is 4.72 Å². The van der Waals surface area contributed by atoms with E-state index in [9.17, 15) is 8.42 Å². The number of hydrogen-bond acceptors (Lipinski definition) is 4. The molecule has 2 aromatic rings. The topological polar surface area (TPSA) is 87.7 Å². The molecule has 17 heavy (non-hydrogen) atoms. The lowest BCUT2D eigenvalue weighted by Gasteiger charge is -2.06. The molecule has 0 aliphatic rings. The second-order valence-corrected chi connectivity index (χ2v) is 5.76. The Bertz CT molecular complexity index is 624. The summed E-state index contributed by atoms with van der Waals surface area (Å²) in [5.41, 5.74) is 1.25. The monoisotopic (exact) mass is 316 g/mol. The lowest BCUT2D eigenvalue weighted by molar-refractivity contribution is 0.597. The lowest BCUT2D eigenvalue weighted by Crippen LogP contribution is -2.13. The Hall–Kier alpha value is -1.41. The third kappa shape index (κ3) is 2.64. The summed E-state index contributed by atoms with van der Waals surface area (Å²) < 4.78 is 26.8. The van der Waals surface area contributed by atoms with Gasteiger partial charge in [0.25, 0.3) is 10.0 Å². The van der Waals surface area contributed by atoms with E-state index in [1.807, 2.05) is 6.92 Å². The van der Waals surface area contributed by atoms with Crippen LogP contribution in [-0.4, -0.2) is 23.6 Å². The Morgan fingerprint density at radius 1 is 1.47 bits per heavy atom. The smallest absolute Gasteiger partial charge is 0.277 e. The molecule has 8 heteroatoms. The van der Waals surface area contributed by atoms with Crippen LogP contribution in [0, 0.1) is 6.92 Å². The molecule has 0 unspecified atom stereocenters. The molecule has 2 N–H and O–H groups in total. The van der Waals surface area contributed by atoms with Crippen LogP contribution >= 0.6 is 15.9 Å². The highest BCUT2D eigenvalue weighted by molar-refractivity contribution is 9.10. The summed E-state index contributed by atoms with van der Waals surface area (Å²) in [6, 6.07) is 3.06. The molecule has 90 valence electrons. The first-order chi connectivity index (χ1) is 7.99. The number of rotatable bonds is 3. The molecule has 6 nitrogen and oxygen atoms in total. The van der Waals surface area contributed by atoms with Crippen molar-refractivity contribution < 1.29 is 8.42 Å². The van der Waals surface area contributed by atoms with Crippen LogP contribution in [0.2, 0.25) is 0 Å². The first-order valence-electron chi connectivity index (χ1n) is 4.63. The van der Waals surface area contributed by atoms with E-state index >= 15 is 0 Å². The molecule has 0 aliphatic heterocycles. The van der Waals surface area contributed by atoms with E-state index in [0.717, 1.165) is 5.56 Å². The zero-order valence-electron chi connectivity index (χ0n) is 8.81. The molecule has 0 amide bonds. The van der Waals surface area contributed by atoms with Crippen molar-refractivity contribution in [3.05, 3.63) is 34.7 Å². The molecule has 2 heterocycles. The molecule has 0 spiro atoms. The van der Waals surface area contributed by atoms with Gasteiger partial charge in [0.1, 0.15) is 4.60 Å². The highest BCUT2D eigenvalue weighted by Crippen LogP contribution is 2.19. The first kappa shape index (κ1) is 12.1. The Balaban J connectivity index is 2.30. The normalized spacial score (nSPS) is 11.4. The van der Waals surface area contributed by atoms with Crippen LogP contribution in [0.4, 0.5) is 5.69 Å². The van der Waals surface area contributed by atoms with Gasteiger partial charge in [-0.1, -0.05) is 0 Å². The Morgan fingerprint density at radius 3 is 2.82 bits per heavy atom. The number of aromatic nitrogens is 3. The first-order valence-corrected chi connectivity index (χ1v) is 6.91. The summed E-state index contributed by atoms with van der Waals surface area (Å²) in [6.07, 6.45) is 2.81. The summed E-state index contributed by atoms with van der Waals surface area (Å²) in [4.78, 5) is 4.01. The zero-order chi connectivity index (χ0) is 12.5. The number of sulfonamides is 1. The maximum absolute atomic E-state index is 11.8. The van der Waals surface area contributed by atoms with E-state index in [1.54, 1.807) is 6.07 Å². The number of pyridine rings is 1. The van der Waals surface area contributed by atoms with Gasteiger partial charge in [0.15, 0.2) is 5.03 Å². The maximum Gasteiger partial charge on any atom is 0.278 e. The number of nitrogens with one attached hydrogen (secondary N) is 2. The number of hydrogen-bond donors (Lipinski definition) is 2. The van der Waals surface area contributed by atoms with E-state index in [4.69, 9.17) is 0 Å². The summed E-state index contributed by atoms with van der Waals surface area (Å²) in [5.74, 6) is 0. The SMILES string of the molecule is Cc1cc(NS(=O)(=O)c2ccn[nH]2)cnc1Br. The highest BCUT2D eigenvalue weighted by atomic mass is 79.9. The van der Waals surface area contributed by atoms with Gasteiger partial charge in [0, 0.05) is 0 Å². The largest absolute Gasteiger partial charge is 0.278 e. The molecule has 0 bridgehead atoms. The predicted molar refractivity (Wildman–Crippen MR) is 66.1 cm³/mol. The van der Waals surface area contributed by atoms with Crippen LogP contribution in [-0.2, 0) is 10.0 Å². The van der Waals surface area contributed by atoms with Gasteiger partial charge in [-0.05, 0) is 40.5 Å². The molecule has 0 fully saturated rings. The average Bonchev–Trinajstić information content (AvgIpc) is 2.77. The van der Waals surface area contributed by atoms with Gasteiger partial charge in [-0.15, -0.1) is 0 Å². The van der Waals surface area contributed by atoms with Crippen molar-refractivity contribution in [3.8, 4) is 0 Å². The minimum atomic E-state index is -3.62. The van der Waals surface area contributed by atoms with Gasteiger partial charge < -0.3 is 0 Å².